The zero-order chi connectivity index (χ0) is 12.5. The van der Waals surface area contributed by atoms with Crippen LogP contribution in [0.2, 0.25) is 0 Å². The Kier molecular flexibility index (Phi) is 2.96. The Morgan fingerprint density at radius 2 is 2.35 bits per heavy atom. The predicted molar refractivity (Wildman–Crippen MR) is 65.1 cm³/mol. The number of aromatic hydroxyl groups is 1. The molecular weight excluding hydrogens is 218 g/mol. The van der Waals surface area contributed by atoms with Gasteiger partial charge in [0.2, 0.25) is 0 Å². The van der Waals surface area contributed by atoms with E-state index >= 15 is 0 Å². The summed E-state index contributed by atoms with van der Waals surface area (Å²) in [6.07, 6.45) is 1.42. The summed E-state index contributed by atoms with van der Waals surface area (Å²) in [7, 11) is 0. The standard InChI is InChI=1S/C13H17NO3/c1-3-17-12(16)13(2)7-6-9-8-10(15)4-5-11(9)14-13/h4-5,8,14-15H,3,6-7H2,1-2H3. The van der Waals surface area contributed by atoms with Crippen molar-refractivity contribution < 1.29 is 14.6 Å². The molecule has 0 aromatic heterocycles. The first-order chi connectivity index (χ1) is 8.05. The average Bonchev–Trinajstić information content (AvgIpc) is 2.30. The van der Waals surface area contributed by atoms with E-state index in [2.05, 4.69) is 5.32 Å². The van der Waals surface area contributed by atoms with Crippen LogP contribution >= 0.6 is 0 Å². The van der Waals surface area contributed by atoms with Gasteiger partial charge in [0.25, 0.3) is 0 Å². The Morgan fingerprint density at radius 1 is 1.59 bits per heavy atom. The number of carbonyl (C=O) groups excluding carboxylic acids is 1. The van der Waals surface area contributed by atoms with Gasteiger partial charge in [0.05, 0.1) is 6.61 Å². The highest BCUT2D eigenvalue weighted by atomic mass is 16.5. The monoisotopic (exact) mass is 235 g/mol. The highest BCUT2D eigenvalue weighted by Gasteiger charge is 2.37. The normalized spacial score (nSPS) is 22.5. The molecule has 1 atom stereocenters. The maximum atomic E-state index is 11.9. The molecule has 0 spiro atoms. The van der Waals surface area contributed by atoms with Crippen LogP contribution in [0.25, 0.3) is 0 Å². The number of rotatable bonds is 2. The Balaban J connectivity index is 2.23. The van der Waals surface area contributed by atoms with E-state index in [0.717, 1.165) is 17.7 Å². The van der Waals surface area contributed by atoms with Gasteiger partial charge in [-0.15, -0.1) is 0 Å². The second-order valence-corrected chi connectivity index (χ2v) is 4.52. The van der Waals surface area contributed by atoms with E-state index in [1.54, 1.807) is 25.1 Å². The molecule has 0 bridgehead atoms. The second kappa shape index (κ2) is 4.28. The van der Waals surface area contributed by atoms with Crippen LogP contribution < -0.4 is 5.32 Å². The number of phenolic OH excluding ortho intramolecular Hbond substituents is 1. The van der Waals surface area contributed by atoms with Gasteiger partial charge in [0.15, 0.2) is 0 Å². The Labute approximate surface area is 101 Å². The lowest BCUT2D eigenvalue weighted by molar-refractivity contribution is -0.148. The molecule has 17 heavy (non-hydrogen) atoms. The molecule has 0 aliphatic carbocycles. The van der Waals surface area contributed by atoms with Crippen molar-refractivity contribution in [2.24, 2.45) is 0 Å². The zero-order valence-electron chi connectivity index (χ0n) is 10.1. The third-order valence-electron chi connectivity index (χ3n) is 3.12. The second-order valence-electron chi connectivity index (χ2n) is 4.52. The molecule has 0 fully saturated rings. The van der Waals surface area contributed by atoms with E-state index in [0.29, 0.717) is 13.0 Å². The van der Waals surface area contributed by atoms with Crippen LogP contribution in [-0.4, -0.2) is 23.2 Å². The number of nitrogens with one attached hydrogen (secondary N) is 1. The molecule has 0 saturated heterocycles. The number of benzene rings is 1. The lowest BCUT2D eigenvalue weighted by Crippen LogP contribution is -2.47. The summed E-state index contributed by atoms with van der Waals surface area (Å²) in [5, 5.41) is 12.6. The van der Waals surface area contributed by atoms with Crippen LogP contribution in [0.4, 0.5) is 5.69 Å². The van der Waals surface area contributed by atoms with Gasteiger partial charge in [-0.1, -0.05) is 0 Å². The van der Waals surface area contributed by atoms with Crippen molar-refractivity contribution >= 4 is 11.7 Å². The molecule has 1 aliphatic rings. The summed E-state index contributed by atoms with van der Waals surface area (Å²) in [5.74, 6) is 0.0315. The largest absolute Gasteiger partial charge is 0.508 e. The molecule has 2 N–H and O–H groups in total. The fourth-order valence-corrected chi connectivity index (χ4v) is 2.10. The van der Waals surface area contributed by atoms with Crippen LogP contribution in [0.1, 0.15) is 25.8 Å². The third-order valence-corrected chi connectivity index (χ3v) is 3.12. The minimum absolute atomic E-state index is 0.223. The quantitative estimate of drug-likeness (QED) is 0.608. The SMILES string of the molecule is CCOC(=O)C1(C)CCc2cc(O)ccc2N1. The lowest BCUT2D eigenvalue weighted by atomic mass is 9.88. The number of hydrogen-bond donors (Lipinski definition) is 2. The number of carbonyl (C=O) groups is 1. The van der Waals surface area contributed by atoms with E-state index < -0.39 is 5.54 Å². The minimum Gasteiger partial charge on any atom is -0.508 e. The van der Waals surface area contributed by atoms with E-state index in [1.807, 2.05) is 6.92 Å². The average molecular weight is 235 g/mol. The molecule has 4 nitrogen and oxygen atoms in total. The molecule has 1 unspecified atom stereocenters. The summed E-state index contributed by atoms with van der Waals surface area (Å²) in [6.45, 7) is 4.04. The molecule has 1 aromatic carbocycles. The number of aryl methyl sites for hydroxylation is 1. The first kappa shape index (κ1) is 11.8. The third kappa shape index (κ3) is 2.20. The summed E-state index contributed by atoms with van der Waals surface area (Å²) in [4.78, 5) is 11.9. The molecule has 0 amide bonds. The Hall–Kier alpha value is -1.71. The van der Waals surface area contributed by atoms with Crippen LogP contribution in [-0.2, 0) is 16.0 Å². The van der Waals surface area contributed by atoms with Crippen LogP contribution in [0.5, 0.6) is 5.75 Å². The number of fused-ring (bicyclic) bond motifs is 1. The molecule has 0 radical (unpaired) electrons. The van der Waals surface area contributed by atoms with Crippen molar-refractivity contribution in [2.75, 3.05) is 11.9 Å². The number of hydrogen-bond acceptors (Lipinski definition) is 4. The van der Waals surface area contributed by atoms with Crippen LogP contribution in [0.15, 0.2) is 18.2 Å². The number of esters is 1. The van der Waals surface area contributed by atoms with Gasteiger partial charge >= 0.3 is 5.97 Å². The van der Waals surface area contributed by atoms with Gasteiger partial charge in [-0.25, -0.2) is 4.79 Å². The maximum Gasteiger partial charge on any atom is 0.331 e. The Bertz CT molecular complexity index is 444. The van der Waals surface area contributed by atoms with Gasteiger partial charge < -0.3 is 15.2 Å². The summed E-state index contributed by atoms with van der Waals surface area (Å²) < 4.78 is 5.07. The van der Waals surface area contributed by atoms with Gasteiger partial charge in [-0.05, 0) is 50.5 Å². The molecule has 0 saturated carbocycles. The predicted octanol–water partition coefficient (Wildman–Crippen LogP) is 2.07. The van der Waals surface area contributed by atoms with E-state index in [4.69, 9.17) is 4.74 Å². The first-order valence-corrected chi connectivity index (χ1v) is 5.82. The van der Waals surface area contributed by atoms with E-state index in [9.17, 15) is 9.90 Å². The van der Waals surface area contributed by atoms with Crippen molar-refractivity contribution in [3.63, 3.8) is 0 Å². The van der Waals surface area contributed by atoms with E-state index in [1.165, 1.54) is 0 Å². The van der Waals surface area contributed by atoms with Crippen LogP contribution in [0.3, 0.4) is 0 Å². The molecule has 1 aliphatic heterocycles. The summed E-state index contributed by atoms with van der Waals surface area (Å²) in [5.41, 5.74) is 1.26. The first-order valence-electron chi connectivity index (χ1n) is 5.82. The molecule has 1 aromatic rings. The van der Waals surface area contributed by atoms with E-state index in [-0.39, 0.29) is 11.7 Å². The van der Waals surface area contributed by atoms with Crippen molar-refractivity contribution in [3.05, 3.63) is 23.8 Å². The number of anilines is 1. The van der Waals surface area contributed by atoms with Crippen LogP contribution in [0, 0.1) is 0 Å². The number of phenols is 1. The zero-order valence-corrected chi connectivity index (χ0v) is 10.1. The fraction of sp³-hybridized carbons (Fsp3) is 0.462. The summed E-state index contributed by atoms with van der Waals surface area (Å²) in [6, 6.07) is 5.14. The maximum absolute atomic E-state index is 11.9. The molecule has 4 heteroatoms. The Morgan fingerprint density at radius 3 is 3.06 bits per heavy atom. The molecule has 92 valence electrons. The lowest BCUT2D eigenvalue weighted by Gasteiger charge is -2.34. The highest BCUT2D eigenvalue weighted by molar-refractivity contribution is 5.85. The molecule has 2 rings (SSSR count). The number of ether oxygens (including phenoxy) is 1. The minimum atomic E-state index is -0.667. The molecule has 1 heterocycles. The topological polar surface area (TPSA) is 58.6 Å². The van der Waals surface area contributed by atoms with Crippen molar-refractivity contribution in [1.82, 2.24) is 0 Å². The summed E-state index contributed by atoms with van der Waals surface area (Å²) >= 11 is 0. The van der Waals surface area contributed by atoms with Gasteiger partial charge in [-0.3, -0.25) is 0 Å². The van der Waals surface area contributed by atoms with Gasteiger partial charge in [0.1, 0.15) is 11.3 Å². The highest BCUT2D eigenvalue weighted by Crippen LogP contribution is 2.33. The molecular formula is C13H17NO3. The fourth-order valence-electron chi connectivity index (χ4n) is 2.10. The van der Waals surface area contributed by atoms with Gasteiger partial charge in [-0.2, -0.15) is 0 Å². The smallest absolute Gasteiger partial charge is 0.331 e. The van der Waals surface area contributed by atoms with Crippen molar-refractivity contribution in [1.29, 1.82) is 0 Å². The van der Waals surface area contributed by atoms with Crippen molar-refractivity contribution in [3.8, 4) is 5.75 Å². The van der Waals surface area contributed by atoms with Crippen molar-refractivity contribution in [2.45, 2.75) is 32.2 Å². The van der Waals surface area contributed by atoms with Gasteiger partial charge in [0, 0.05) is 5.69 Å².